The molecule has 3 aromatic carbocycles. The number of carboxylic acid groups (broad SMARTS) is 1. The van der Waals surface area contributed by atoms with Crippen LogP contribution >= 0.6 is 0 Å². The van der Waals surface area contributed by atoms with E-state index in [1.807, 2.05) is 42.5 Å². The zero-order valence-corrected chi connectivity index (χ0v) is 19.4. The van der Waals surface area contributed by atoms with Crippen molar-refractivity contribution in [1.29, 1.82) is 0 Å². The molecule has 0 radical (unpaired) electrons. The average Bonchev–Trinajstić information content (AvgIpc) is 2.80. The van der Waals surface area contributed by atoms with Crippen LogP contribution in [-0.4, -0.2) is 26.4 Å². The van der Waals surface area contributed by atoms with Gasteiger partial charge < -0.3 is 14.4 Å². The summed E-state index contributed by atoms with van der Waals surface area (Å²) in [5, 5.41) is 8.98. The van der Waals surface area contributed by atoms with Gasteiger partial charge in [0.15, 0.2) is 6.61 Å². The minimum atomic E-state index is -2.50. The van der Waals surface area contributed by atoms with Crippen molar-refractivity contribution in [2.45, 2.75) is 39.2 Å². The Kier molecular flexibility index (Phi) is 6.81. The average molecular weight is 465 g/mol. The maximum absolute atomic E-state index is 12.5. The van der Waals surface area contributed by atoms with Crippen molar-refractivity contribution in [3.63, 3.8) is 0 Å². The van der Waals surface area contributed by atoms with Crippen LogP contribution in [0.4, 0.5) is 5.69 Å². The van der Waals surface area contributed by atoms with E-state index in [0.717, 1.165) is 34.2 Å². The fourth-order valence-corrected chi connectivity index (χ4v) is 5.27. The SMILES string of the molecule is Cc1cccc(-c2cccc(N(C3CCCc4c(OCC(=O)O)cccc43)S(=O)[O-])c2)c1C. The molecule has 2 atom stereocenters. The second-order valence-corrected chi connectivity index (χ2v) is 9.08. The number of rotatable bonds is 7. The predicted molar refractivity (Wildman–Crippen MR) is 128 cm³/mol. The summed E-state index contributed by atoms with van der Waals surface area (Å²) in [5.74, 6) is -0.550. The van der Waals surface area contributed by atoms with Gasteiger partial charge in [0.2, 0.25) is 0 Å². The molecule has 3 aromatic rings. The van der Waals surface area contributed by atoms with Crippen LogP contribution in [0.2, 0.25) is 0 Å². The van der Waals surface area contributed by atoms with Gasteiger partial charge in [-0.15, -0.1) is 0 Å². The zero-order chi connectivity index (χ0) is 23.5. The number of ether oxygens (including phenoxy) is 1. The van der Waals surface area contributed by atoms with E-state index in [1.54, 1.807) is 12.1 Å². The van der Waals surface area contributed by atoms with Crippen LogP contribution in [0.1, 0.15) is 41.1 Å². The molecule has 7 heteroatoms. The number of aliphatic carboxylic acids is 1. The maximum atomic E-state index is 12.5. The topological polar surface area (TPSA) is 89.9 Å². The summed E-state index contributed by atoms with van der Waals surface area (Å²) in [4.78, 5) is 11.0. The van der Waals surface area contributed by atoms with E-state index in [-0.39, 0.29) is 0 Å². The fourth-order valence-electron chi connectivity index (χ4n) is 4.55. The van der Waals surface area contributed by atoms with E-state index >= 15 is 0 Å². The van der Waals surface area contributed by atoms with E-state index in [9.17, 15) is 13.6 Å². The van der Waals surface area contributed by atoms with E-state index in [2.05, 4.69) is 19.9 Å². The number of benzene rings is 3. The van der Waals surface area contributed by atoms with E-state index in [1.165, 1.54) is 9.87 Å². The number of hydrogen-bond acceptors (Lipinski definition) is 4. The largest absolute Gasteiger partial charge is 0.755 e. The monoisotopic (exact) mass is 464 g/mol. The van der Waals surface area contributed by atoms with Gasteiger partial charge in [0.25, 0.3) is 0 Å². The van der Waals surface area contributed by atoms with Crippen molar-refractivity contribution in [1.82, 2.24) is 0 Å². The molecule has 0 spiro atoms. The molecule has 0 aromatic heterocycles. The van der Waals surface area contributed by atoms with Crippen LogP contribution in [0.3, 0.4) is 0 Å². The summed E-state index contributed by atoms with van der Waals surface area (Å²) in [5.41, 5.74) is 6.68. The van der Waals surface area contributed by atoms with Crippen molar-refractivity contribution in [3.05, 3.63) is 82.9 Å². The van der Waals surface area contributed by atoms with Gasteiger partial charge in [0, 0.05) is 17.0 Å². The Hall–Kier alpha value is -3.16. The number of carboxylic acids is 1. The van der Waals surface area contributed by atoms with Crippen LogP contribution in [0.25, 0.3) is 11.1 Å². The minimum absolute atomic E-state index is 0.394. The van der Waals surface area contributed by atoms with Crippen molar-refractivity contribution in [2.75, 3.05) is 10.9 Å². The smallest absolute Gasteiger partial charge is 0.341 e. The second-order valence-electron chi connectivity index (χ2n) is 8.26. The third-order valence-electron chi connectivity index (χ3n) is 6.24. The Balaban J connectivity index is 1.75. The molecule has 1 aliphatic carbocycles. The highest BCUT2D eigenvalue weighted by atomic mass is 32.2. The summed E-state index contributed by atoms with van der Waals surface area (Å²) in [7, 11) is 0. The molecule has 1 N–H and O–H groups in total. The summed E-state index contributed by atoms with van der Waals surface area (Å²) >= 11 is -2.50. The van der Waals surface area contributed by atoms with E-state index < -0.39 is 29.9 Å². The van der Waals surface area contributed by atoms with Crippen molar-refractivity contribution in [3.8, 4) is 16.9 Å². The van der Waals surface area contributed by atoms with Gasteiger partial charge in [0.1, 0.15) is 5.75 Å². The predicted octanol–water partition coefficient (Wildman–Crippen LogP) is 5.11. The quantitative estimate of drug-likeness (QED) is 0.491. The van der Waals surface area contributed by atoms with Crippen molar-refractivity contribution in [2.24, 2.45) is 0 Å². The molecular formula is C26H26NO5S-. The molecule has 172 valence electrons. The molecule has 0 amide bonds. The van der Waals surface area contributed by atoms with Gasteiger partial charge in [-0.25, -0.2) is 4.79 Å². The number of hydrogen-bond donors (Lipinski definition) is 1. The lowest BCUT2D eigenvalue weighted by Crippen LogP contribution is -2.33. The van der Waals surface area contributed by atoms with Gasteiger partial charge in [0.05, 0.1) is 6.04 Å². The molecule has 0 bridgehead atoms. The Bertz CT molecular complexity index is 1210. The summed E-state index contributed by atoms with van der Waals surface area (Å²) in [6.45, 7) is 3.69. The van der Waals surface area contributed by atoms with E-state index in [4.69, 9.17) is 9.84 Å². The number of carbonyl (C=O) groups is 1. The molecule has 6 nitrogen and oxygen atoms in total. The van der Waals surface area contributed by atoms with Gasteiger partial charge in [-0.1, -0.05) is 42.5 Å². The molecule has 0 saturated carbocycles. The second kappa shape index (κ2) is 9.77. The lowest BCUT2D eigenvalue weighted by atomic mass is 9.86. The Labute approximate surface area is 196 Å². The van der Waals surface area contributed by atoms with Crippen LogP contribution < -0.4 is 9.04 Å². The third kappa shape index (κ3) is 4.79. The number of aryl methyl sites for hydroxylation is 1. The van der Waals surface area contributed by atoms with Crippen LogP contribution in [0.15, 0.2) is 60.7 Å². The highest BCUT2D eigenvalue weighted by Crippen LogP contribution is 2.42. The highest BCUT2D eigenvalue weighted by Gasteiger charge is 2.29. The molecule has 4 rings (SSSR count). The minimum Gasteiger partial charge on any atom is -0.755 e. The van der Waals surface area contributed by atoms with Gasteiger partial charge in [-0.3, -0.25) is 8.51 Å². The Morgan fingerprint density at radius 1 is 1.15 bits per heavy atom. The Morgan fingerprint density at radius 3 is 2.67 bits per heavy atom. The first-order valence-corrected chi connectivity index (χ1v) is 11.9. The summed E-state index contributed by atoms with van der Waals surface area (Å²) < 4.78 is 31.9. The van der Waals surface area contributed by atoms with Crippen LogP contribution in [0, 0.1) is 13.8 Å². The molecule has 0 heterocycles. The van der Waals surface area contributed by atoms with Gasteiger partial charge in [-0.05, 0) is 84.7 Å². The zero-order valence-electron chi connectivity index (χ0n) is 18.6. The first-order valence-electron chi connectivity index (χ1n) is 10.9. The molecular weight excluding hydrogens is 438 g/mol. The normalized spacial score (nSPS) is 16.0. The molecule has 2 unspecified atom stereocenters. The third-order valence-corrected chi connectivity index (χ3v) is 7.03. The summed E-state index contributed by atoms with van der Waals surface area (Å²) in [6.07, 6.45) is 2.15. The van der Waals surface area contributed by atoms with Gasteiger partial charge >= 0.3 is 5.97 Å². The Morgan fingerprint density at radius 2 is 1.91 bits per heavy atom. The molecule has 1 aliphatic rings. The fraction of sp³-hybridized carbons (Fsp3) is 0.269. The number of fused-ring (bicyclic) bond motifs is 1. The number of anilines is 1. The standard InChI is InChI=1S/C26H27NO5S/c1-17-7-3-10-21(18(17)2)19-8-4-9-20(15-19)27(33(30)31)24-13-5-12-23-22(24)11-6-14-25(23)32-16-26(28)29/h3-4,6-11,14-15,24H,5,12-13,16H2,1-2H3,(H,28,29)(H,30,31)/p-1. The van der Waals surface area contributed by atoms with Gasteiger partial charge in [-0.2, -0.15) is 0 Å². The first kappa shape index (κ1) is 23.0. The molecule has 0 saturated heterocycles. The van der Waals surface area contributed by atoms with Crippen molar-refractivity contribution < 1.29 is 23.4 Å². The molecule has 0 fully saturated rings. The van der Waals surface area contributed by atoms with Crippen LogP contribution in [0.5, 0.6) is 5.75 Å². The summed E-state index contributed by atoms with van der Waals surface area (Å²) in [6, 6.07) is 18.7. The maximum Gasteiger partial charge on any atom is 0.341 e. The van der Waals surface area contributed by atoms with Crippen LogP contribution in [-0.2, 0) is 22.5 Å². The first-order chi connectivity index (χ1) is 15.9. The molecule has 33 heavy (non-hydrogen) atoms. The van der Waals surface area contributed by atoms with E-state index in [0.29, 0.717) is 24.3 Å². The lowest BCUT2D eigenvalue weighted by Gasteiger charge is -2.38. The lowest BCUT2D eigenvalue weighted by molar-refractivity contribution is -0.139. The van der Waals surface area contributed by atoms with Crippen molar-refractivity contribution >= 4 is 22.9 Å². The highest BCUT2D eigenvalue weighted by molar-refractivity contribution is 7.80. The number of nitrogens with zero attached hydrogens (tertiary/aromatic N) is 1. The molecule has 0 aliphatic heterocycles.